The van der Waals surface area contributed by atoms with Crippen LogP contribution >= 0.6 is 11.6 Å². The van der Waals surface area contributed by atoms with Gasteiger partial charge in [-0.25, -0.2) is 0 Å². The van der Waals surface area contributed by atoms with Gasteiger partial charge in [-0.3, -0.25) is 44.0 Å². The Morgan fingerprint density at radius 1 is 0.881 bits per heavy atom. The van der Waals surface area contributed by atoms with Crippen LogP contribution in [0.25, 0.3) is 0 Å². The number of amides is 5. The van der Waals surface area contributed by atoms with E-state index in [1.54, 1.807) is 36.4 Å². The second-order valence-electron chi connectivity index (χ2n) is 20.2. The van der Waals surface area contributed by atoms with Crippen molar-refractivity contribution in [3.8, 4) is 17.6 Å². The maximum Gasteiger partial charge on any atom is 0.262 e. The molecule has 1 unspecified atom stereocenters. The zero-order valence-corrected chi connectivity index (χ0v) is 39.5. The number of hydrogen-bond acceptors (Lipinski definition) is 12. The Hall–Kier alpha value is -5.53. The number of nitriles is 1. The summed E-state index contributed by atoms with van der Waals surface area (Å²) in [5, 5.41) is 15.2. The van der Waals surface area contributed by atoms with Crippen LogP contribution in [0.15, 0.2) is 60.7 Å². The van der Waals surface area contributed by atoms with E-state index in [9.17, 15) is 29.2 Å². The van der Waals surface area contributed by atoms with Gasteiger partial charge in [0.25, 0.3) is 17.7 Å². The lowest BCUT2D eigenvalue weighted by Gasteiger charge is -2.63. The van der Waals surface area contributed by atoms with E-state index in [2.05, 4.69) is 71.2 Å². The molecule has 3 saturated heterocycles. The van der Waals surface area contributed by atoms with Gasteiger partial charge in [-0.15, -0.1) is 0 Å². The summed E-state index contributed by atoms with van der Waals surface area (Å²) in [6.07, 6.45) is 3.79. The highest BCUT2D eigenvalue weighted by molar-refractivity contribution is 6.31. The number of rotatable bonds is 14. The number of morpholine rings is 1. The van der Waals surface area contributed by atoms with Gasteiger partial charge >= 0.3 is 0 Å². The van der Waals surface area contributed by atoms with Crippen LogP contribution < -0.4 is 25.0 Å². The van der Waals surface area contributed by atoms with E-state index in [-0.39, 0.29) is 59.0 Å². The van der Waals surface area contributed by atoms with Crippen LogP contribution in [-0.4, -0.2) is 134 Å². The molecule has 9 rings (SSSR count). The fourth-order valence-electron chi connectivity index (χ4n) is 11.5. The van der Waals surface area contributed by atoms with E-state index < -0.39 is 29.7 Å². The van der Waals surface area contributed by atoms with Crippen molar-refractivity contribution in [3.63, 3.8) is 0 Å². The molecule has 1 atom stereocenters. The van der Waals surface area contributed by atoms with Crippen molar-refractivity contribution in [2.75, 3.05) is 63.9 Å². The van der Waals surface area contributed by atoms with E-state index in [4.69, 9.17) is 25.8 Å². The summed E-state index contributed by atoms with van der Waals surface area (Å²) in [5.41, 5.74) is 1.85. The van der Waals surface area contributed by atoms with Gasteiger partial charge in [-0.05, 0) is 79.8 Å². The molecule has 5 fully saturated rings. The lowest BCUT2D eigenvalue weighted by molar-refractivity contribution is -0.164. The van der Waals surface area contributed by atoms with Crippen LogP contribution in [0.4, 0.5) is 5.69 Å². The summed E-state index contributed by atoms with van der Waals surface area (Å²) < 4.78 is 18.4. The van der Waals surface area contributed by atoms with Gasteiger partial charge in [0.1, 0.15) is 35.8 Å². The number of anilines is 1. The van der Waals surface area contributed by atoms with E-state index >= 15 is 0 Å². The number of benzene rings is 3. The van der Waals surface area contributed by atoms with Gasteiger partial charge in [0.2, 0.25) is 11.8 Å². The van der Waals surface area contributed by atoms with Gasteiger partial charge in [0.15, 0.2) is 0 Å². The molecule has 67 heavy (non-hydrogen) atoms. The average Bonchev–Trinajstić information content (AvgIpc) is 3.55. The lowest BCUT2D eigenvalue weighted by Crippen LogP contribution is -2.74. The van der Waals surface area contributed by atoms with Crippen LogP contribution in [0.3, 0.4) is 0 Å². The molecule has 0 spiro atoms. The van der Waals surface area contributed by atoms with Gasteiger partial charge < -0.3 is 24.4 Å². The predicted octanol–water partition coefficient (Wildman–Crippen LogP) is 5.69. The summed E-state index contributed by atoms with van der Waals surface area (Å²) >= 11 is 6.28. The molecular weight excluding hydrogens is 874 g/mol. The third kappa shape index (κ3) is 9.38. The summed E-state index contributed by atoms with van der Waals surface area (Å²) in [6, 6.07) is 19.3. The zero-order chi connectivity index (χ0) is 47.2. The Kier molecular flexibility index (Phi) is 13.1. The monoisotopic (exact) mass is 933 g/mol. The first-order chi connectivity index (χ1) is 32.1. The number of fused-ring (bicyclic) bond motifs is 1. The normalized spacial score (nSPS) is 26.0. The number of piperidine rings is 2. The molecule has 16 heteroatoms. The Labute approximate surface area is 397 Å². The van der Waals surface area contributed by atoms with Crippen molar-refractivity contribution in [1.29, 1.82) is 5.26 Å². The highest BCUT2D eigenvalue weighted by atomic mass is 35.5. The number of hydrogen-bond donors (Lipinski definition) is 2. The molecule has 4 aliphatic heterocycles. The lowest BCUT2D eigenvalue weighted by atomic mass is 9.49. The smallest absolute Gasteiger partial charge is 0.262 e. The van der Waals surface area contributed by atoms with Crippen LogP contribution in [0.1, 0.15) is 103 Å². The van der Waals surface area contributed by atoms with E-state index in [0.29, 0.717) is 39.6 Å². The van der Waals surface area contributed by atoms with Crippen molar-refractivity contribution in [1.82, 2.24) is 25.3 Å². The largest absolute Gasteiger partial charge is 0.490 e. The molecule has 0 aromatic heterocycles. The Morgan fingerprint density at radius 2 is 1.55 bits per heavy atom. The Morgan fingerprint density at radius 3 is 2.22 bits per heavy atom. The number of halogens is 1. The third-order valence-corrected chi connectivity index (χ3v) is 15.5. The topological polar surface area (TPSA) is 174 Å². The SMILES string of the molecule is CC1(C)C(NC(=O)c2ccc(N3CCC(CN(CCN4CCOCC4)C4CC(Oc5ccc6c(c5)C(=O)N(C5CCC(=O)NC5=O)C6=O)C4)CC3)cc2)C(C)(C)C1Oc1ccc(C#N)c(Cl)c1. The van der Waals surface area contributed by atoms with Gasteiger partial charge in [0, 0.05) is 105 Å². The number of nitrogens with zero attached hydrogens (tertiary/aromatic N) is 5. The Balaban J connectivity index is 0.767. The first kappa shape index (κ1) is 46.6. The van der Waals surface area contributed by atoms with Crippen molar-refractivity contribution in [2.24, 2.45) is 16.7 Å². The summed E-state index contributed by atoms with van der Waals surface area (Å²) in [6.45, 7) is 16.6. The standard InChI is InChI=1S/C51H60ClN7O8/c1-50(2)48(51(3,4)49(50)67-37-10-7-33(29-53)41(52)28-37)55-44(61)32-5-8-34(9-6-32)57-17-15-31(16-18-57)30-58(20-19-56-21-23-65-24-22-56)35-25-38(26-35)66-36-11-12-39-40(27-36)47(64)59(46(39)63)42-13-14-43(60)54-45(42)62/h5-12,27-28,31,35,38,42,48-49H,13-26,30H2,1-4H3,(H,55,61)(H,54,60,62). The predicted molar refractivity (Wildman–Crippen MR) is 250 cm³/mol. The molecule has 354 valence electrons. The van der Waals surface area contributed by atoms with Gasteiger partial charge in [-0.2, -0.15) is 5.26 Å². The van der Waals surface area contributed by atoms with Crippen molar-refractivity contribution >= 4 is 46.8 Å². The van der Waals surface area contributed by atoms with Gasteiger partial charge in [-0.1, -0.05) is 39.3 Å². The molecule has 3 aromatic carbocycles. The van der Waals surface area contributed by atoms with E-state index in [1.165, 1.54) is 0 Å². The summed E-state index contributed by atoms with van der Waals surface area (Å²) in [7, 11) is 0. The molecule has 0 radical (unpaired) electrons. The van der Waals surface area contributed by atoms with E-state index in [0.717, 1.165) is 95.3 Å². The Bertz CT molecular complexity index is 2440. The quantitative estimate of drug-likeness (QED) is 0.190. The number of carbonyl (C=O) groups is 5. The molecule has 0 bridgehead atoms. The molecule has 3 aromatic rings. The maximum absolute atomic E-state index is 13.6. The number of imide groups is 2. The van der Waals surface area contributed by atoms with Crippen molar-refractivity contribution < 1.29 is 38.2 Å². The zero-order valence-electron chi connectivity index (χ0n) is 38.7. The number of nitrogens with one attached hydrogen (secondary N) is 2. The third-order valence-electron chi connectivity index (χ3n) is 15.1. The molecule has 6 aliphatic rings. The minimum Gasteiger partial charge on any atom is -0.490 e. The van der Waals surface area contributed by atoms with Crippen LogP contribution in [-0.2, 0) is 14.3 Å². The maximum atomic E-state index is 13.6. The second-order valence-corrected chi connectivity index (χ2v) is 20.7. The highest BCUT2D eigenvalue weighted by Crippen LogP contribution is 2.55. The number of ether oxygens (including phenoxy) is 3. The fraction of sp³-hybridized carbons (Fsp3) is 0.529. The summed E-state index contributed by atoms with van der Waals surface area (Å²) in [5.74, 6) is -0.572. The molecule has 5 amide bonds. The molecule has 15 nitrogen and oxygen atoms in total. The molecule has 4 heterocycles. The molecule has 2 saturated carbocycles. The molecule has 2 aliphatic carbocycles. The van der Waals surface area contributed by atoms with Crippen LogP contribution in [0, 0.1) is 28.1 Å². The first-order valence-corrected chi connectivity index (χ1v) is 24.1. The van der Waals surface area contributed by atoms with Crippen LogP contribution in [0.2, 0.25) is 5.02 Å². The minimum atomic E-state index is -1.01. The minimum absolute atomic E-state index is 0.0305. The number of carbonyl (C=O) groups excluding carboxylic acids is 5. The second kappa shape index (κ2) is 18.9. The average molecular weight is 935 g/mol. The molecule has 2 N–H and O–H groups in total. The molecular formula is C51H60ClN7O8. The summed E-state index contributed by atoms with van der Waals surface area (Å²) in [4.78, 5) is 73.0. The fourth-order valence-corrected chi connectivity index (χ4v) is 11.7. The van der Waals surface area contributed by atoms with Crippen molar-refractivity contribution in [3.05, 3.63) is 87.9 Å². The first-order valence-electron chi connectivity index (χ1n) is 23.7. The van der Waals surface area contributed by atoms with Gasteiger partial charge in [0.05, 0.1) is 34.9 Å². The van der Waals surface area contributed by atoms with Crippen molar-refractivity contribution in [2.45, 2.75) is 96.6 Å². The highest BCUT2D eigenvalue weighted by Gasteiger charge is 2.64. The van der Waals surface area contributed by atoms with Crippen LogP contribution in [0.5, 0.6) is 11.5 Å². The van der Waals surface area contributed by atoms with E-state index in [1.807, 2.05) is 12.1 Å².